The molecule has 6 nitrogen and oxygen atoms in total. The highest BCUT2D eigenvalue weighted by Gasteiger charge is 2.30. The minimum Gasteiger partial charge on any atom is -0.346 e. The largest absolute Gasteiger partial charge is 0.346 e. The Labute approximate surface area is 130 Å². The molecule has 1 aliphatic rings. The second kappa shape index (κ2) is 4.85. The number of hydrogen-bond donors (Lipinski definition) is 1. The van der Waals surface area contributed by atoms with Crippen molar-refractivity contribution >= 4 is 22.1 Å². The number of nitrogens with one attached hydrogen (secondary N) is 1. The predicted molar refractivity (Wildman–Crippen MR) is 83.7 cm³/mol. The summed E-state index contributed by atoms with van der Waals surface area (Å²) in [5, 5.41) is 0.726. The van der Waals surface area contributed by atoms with E-state index in [4.69, 9.17) is 4.74 Å². The number of H-pyrrole nitrogens is 1. The van der Waals surface area contributed by atoms with E-state index in [9.17, 15) is 9.18 Å². The van der Waals surface area contributed by atoms with Crippen molar-refractivity contribution in [3.8, 4) is 0 Å². The SMILES string of the molecule is COC1(F)C=CC=C(c2cn3c(=O)[nH]c4ccncc4c3n2)C1. The molecule has 3 aromatic heterocycles. The van der Waals surface area contributed by atoms with Crippen LogP contribution in [0.2, 0.25) is 0 Å². The van der Waals surface area contributed by atoms with Gasteiger partial charge in [-0.05, 0) is 17.7 Å². The Morgan fingerprint density at radius 3 is 3.17 bits per heavy atom. The van der Waals surface area contributed by atoms with Gasteiger partial charge in [0.15, 0.2) is 5.65 Å². The van der Waals surface area contributed by atoms with Crippen LogP contribution in [0.25, 0.3) is 22.1 Å². The first kappa shape index (κ1) is 13.8. The fourth-order valence-electron chi connectivity index (χ4n) is 2.74. The summed E-state index contributed by atoms with van der Waals surface area (Å²) in [6.45, 7) is 0. The Hall–Kier alpha value is -2.80. The number of allylic oxidation sites excluding steroid dienone is 2. The molecule has 0 fully saturated rings. The lowest BCUT2D eigenvalue weighted by atomic mass is 9.98. The Morgan fingerprint density at radius 1 is 1.48 bits per heavy atom. The van der Waals surface area contributed by atoms with E-state index in [0.717, 1.165) is 5.39 Å². The van der Waals surface area contributed by atoms with Crippen LogP contribution in [-0.4, -0.2) is 32.3 Å². The minimum absolute atomic E-state index is 0.0397. The molecular formula is C16H13FN4O2. The number of ether oxygens (including phenoxy) is 1. The van der Waals surface area contributed by atoms with Gasteiger partial charge in [-0.2, -0.15) is 0 Å². The van der Waals surface area contributed by atoms with Gasteiger partial charge in [-0.3, -0.25) is 9.38 Å². The molecule has 0 spiro atoms. The average Bonchev–Trinajstić information content (AvgIpc) is 3.01. The summed E-state index contributed by atoms with van der Waals surface area (Å²) >= 11 is 0. The number of nitrogens with zero attached hydrogens (tertiary/aromatic N) is 3. The number of alkyl halides is 1. The molecule has 3 aromatic rings. The molecule has 116 valence electrons. The number of imidazole rings is 1. The van der Waals surface area contributed by atoms with Gasteiger partial charge in [-0.25, -0.2) is 14.2 Å². The first-order valence-electron chi connectivity index (χ1n) is 7.07. The molecule has 0 aromatic carbocycles. The zero-order chi connectivity index (χ0) is 16.0. The lowest BCUT2D eigenvalue weighted by molar-refractivity contribution is -0.0748. The predicted octanol–water partition coefficient (Wildman–Crippen LogP) is 2.23. The van der Waals surface area contributed by atoms with Crippen molar-refractivity contribution in [2.45, 2.75) is 12.3 Å². The normalized spacial score (nSPS) is 21.0. The minimum atomic E-state index is -1.85. The number of rotatable bonds is 2. The van der Waals surface area contributed by atoms with Gasteiger partial charge in [0.1, 0.15) is 0 Å². The molecular weight excluding hydrogens is 299 g/mol. The van der Waals surface area contributed by atoms with E-state index >= 15 is 0 Å². The number of aromatic amines is 1. The molecule has 0 saturated heterocycles. The zero-order valence-corrected chi connectivity index (χ0v) is 12.3. The highest BCUT2D eigenvalue weighted by molar-refractivity contribution is 5.91. The fraction of sp³-hybridized carbons (Fsp3) is 0.188. The summed E-state index contributed by atoms with van der Waals surface area (Å²) in [4.78, 5) is 23.5. The smallest absolute Gasteiger partial charge is 0.331 e. The van der Waals surface area contributed by atoms with Crippen LogP contribution in [0.15, 0.2) is 47.7 Å². The monoisotopic (exact) mass is 312 g/mol. The second-order valence-corrected chi connectivity index (χ2v) is 5.39. The third-order valence-corrected chi connectivity index (χ3v) is 3.97. The van der Waals surface area contributed by atoms with E-state index < -0.39 is 5.85 Å². The molecule has 1 aliphatic carbocycles. The quantitative estimate of drug-likeness (QED) is 0.787. The summed E-state index contributed by atoms with van der Waals surface area (Å²) in [5.74, 6) is -1.85. The van der Waals surface area contributed by atoms with E-state index in [0.29, 0.717) is 22.4 Å². The van der Waals surface area contributed by atoms with E-state index in [1.165, 1.54) is 17.6 Å². The van der Waals surface area contributed by atoms with Crippen LogP contribution < -0.4 is 5.69 Å². The summed E-state index contributed by atoms with van der Waals surface area (Å²) in [7, 11) is 1.32. The van der Waals surface area contributed by atoms with Gasteiger partial charge < -0.3 is 9.72 Å². The summed E-state index contributed by atoms with van der Waals surface area (Å²) in [6, 6.07) is 1.71. The van der Waals surface area contributed by atoms with Crippen LogP contribution in [0.5, 0.6) is 0 Å². The molecule has 7 heteroatoms. The summed E-state index contributed by atoms with van der Waals surface area (Å²) in [5.41, 5.74) is 2.04. The van der Waals surface area contributed by atoms with Gasteiger partial charge in [-0.1, -0.05) is 12.2 Å². The standard InChI is InChI=1S/C16H13FN4O2/c1-23-16(17)5-2-3-10(7-16)13-9-21-14(19-13)11-8-18-6-4-12(11)20-15(21)22/h2-6,8-9H,7H2,1H3,(H,20,22). The molecule has 0 aliphatic heterocycles. The second-order valence-electron chi connectivity index (χ2n) is 5.39. The van der Waals surface area contributed by atoms with Crippen LogP contribution in [-0.2, 0) is 4.74 Å². The Bertz CT molecular complexity index is 1030. The number of hydrogen-bond acceptors (Lipinski definition) is 4. The number of halogens is 1. The maximum absolute atomic E-state index is 14.4. The van der Waals surface area contributed by atoms with E-state index in [2.05, 4.69) is 15.0 Å². The lowest BCUT2D eigenvalue weighted by Crippen LogP contribution is -2.24. The van der Waals surface area contributed by atoms with Gasteiger partial charge >= 0.3 is 5.69 Å². The maximum atomic E-state index is 14.4. The van der Waals surface area contributed by atoms with E-state index in [1.54, 1.807) is 36.8 Å². The van der Waals surface area contributed by atoms with Gasteiger partial charge in [0.05, 0.1) is 16.6 Å². The first-order valence-corrected chi connectivity index (χ1v) is 7.07. The lowest BCUT2D eigenvalue weighted by Gasteiger charge is -2.23. The van der Waals surface area contributed by atoms with Crippen LogP contribution in [0.1, 0.15) is 12.1 Å². The fourth-order valence-corrected chi connectivity index (χ4v) is 2.74. The molecule has 0 amide bonds. The molecule has 1 unspecified atom stereocenters. The molecule has 4 rings (SSSR count). The van der Waals surface area contributed by atoms with Gasteiger partial charge in [-0.15, -0.1) is 0 Å². The van der Waals surface area contributed by atoms with Crippen LogP contribution in [0, 0.1) is 0 Å². The van der Waals surface area contributed by atoms with Gasteiger partial charge in [0.25, 0.3) is 0 Å². The van der Waals surface area contributed by atoms with Crippen molar-refractivity contribution in [3.63, 3.8) is 0 Å². The summed E-state index contributed by atoms with van der Waals surface area (Å²) < 4.78 is 20.7. The van der Waals surface area contributed by atoms with Crippen molar-refractivity contribution in [2.24, 2.45) is 0 Å². The molecule has 0 bridgehead atoms. The van der Waals surface area contributed by atoms with Crippen molar-refractivity contribution in [2.75, 3.05) is 7.11 Å². The van der Waals surface area contributed by atoms with Gasteiger partial charge in [0.2, 0.25) is 5.85 Å². The molecule has 0 radical (unpaired) electrons. The number of aromatic nitrogens is 4. The van der Waals surface area contributed by atoms with Crippen molar-refractivity contribution < 1.29 is 9.13 Å². The maximum Gasteiger partial charge on any atom is 0.331 e. The van der Waals surface area contributed by atoms with E-state index in [1.807, 2.05) is 0 Å². The van der Waals surface area contributed by atoms with E-state index in [-0.39, 0.29) is 12.1 Å². The molecule has 3 heterocycles. The van der Waals surface area contributed by atoms with Crippen LogP contribution >= 0.6 is 0 Å². The molecule has 1 N–H and O–H groups in total. The zero-order valence-electron chi connectivity index (χ0n) is 12.3. The first-order chi connectivity index (χ1) is 11.1. The molecule has 23 heavy (non-hydrogen) atoms. The third kappa shape index (κ3) is 2.17. The highest BCUT2D eigenvalue weighted by Crippen LogP contribution is 2.33. The number of fused-ring (bicyclic) bond motifs is 3. The number of pyridine rings is 1. The Kier molecular flexibility index (Phi) is 2.92. The van der Waals surface area contributed by atoms with Gasteiger partial charge in [0, 0.05) is 32.1 Å². The highest BCUT2D eigenvalue weighted by atomic mass is 19.2. The average molecular weight is 312 g/mol. The van der Waals surface area contributed by atoms with Crippen LogP contribution in [0.3, 0.4) is 0 Å². The third-order valence-electron chi connectivity index (χ3n) is 3.97. The van der Waals surface area contributed by atoms with Crippen molar-refractivity contribution in [1.82, 2.24) is 19.4 Å². The van der Waals surface area contributed by atoms with Crippen molar-refractivity contribution in [3.05, 3.63) is 59.1 Å². The Balaban J connectivity index is 1.92. The Morgan fingerprint density at radius 2 is 2.35 bits per heavy atom. The van der Waals surface area contributed by atoms with Crippen LogP contribution in [0.4, 0.5) is 4.39 Å². The molecule has 1 atom stereocenters. The number of methoxy groups -OCH3 is 1. The summed E-state index contributed by atoms with van der Waals surface area (Å²) in [6.07, 6.45) is 9.60. The molecule has 0 saturated carbocycles. The van der Waals surface area contributed by atoms with Crippen molar-refractivity contribution in [1.29, 1.82) is 0 Å². The topological polar surface area (TPSA) is 72.3 Å².